The molecule has 6 nitrogen and oxygen atoms in total. The van der Waals surface area contributed by atoms with Crippen LogP contribution in [0.3, 0.4) is 0 Å². The fraction of sp³-hybridized carbons (Fsp3) is 0.368. The van der Waals surface area contributed by atoms with E-state index in [2.05, 4.69) is 5.32 Å². The van der Waals surface area contributed by atoms with E-state index < -0.39 is 24.0 Å². The van der Waals surface area contributed by atoms with Crippen molar-refractivity contribution in [1.82, 2.24) is 0 Å². The molecule has 2 rings (SSSR count). The number of carboxylic acids is 2. The smallest absolute Gasteiger partial charge is 0.325 e. The number of benzene rings is 2. The third-order valence-electron chi connectivity index (χ3n) is 3.57. The fourth-order valence-electron chi connectivity index (χ4n) is 2.25. The number of aliphatic carboxylic acids is 2. The molecular weight excluding hydrogens is 320 g/mol. The van der Waals surface area contributed by atoms with Crippen molar-refractivity contribution >= 4 is 28.4 Å². The lowest BCUT2D eigenvalue weighted by molar-refractivity contribution is -0.139. The van der Waals surface area contributed by atoms with Gasteiger partial charge in [0.05, 0.1) is 0 Å². The van der Waals surface area contributed by atoms with Gasteiger partial charge in [-0.1, -0.05) is 50.2 Å². The molecule has 0 amide bonds. The molecule has 0 aliphatic rings. The van der Waals surface area contributed by atoms with Crippen LogP contribution in [0.15, 0.2) is 42.5 Å². The summed E-state index contributed by atoms with van der Waals surface area (Å²) in [6.07, 6.45) is 0.551. The molecule has 0 aliphatic carbocycles. The molecule has 0 aliphatic heterocycles. The number of anilines is 1. The molecule has 2 atom stereocenters. The normalized spacial score (nSPS) is 12.8. The number of rotatable bonds is 6. The standard InChI is InChI=1S/C13H13NO2.C6H13NO2/c1-9(13(15)16)14-12-8-4-6-10-5-2-3-7-11(10)12;1-4(2)3-5(7)6(8)9/h2-9,14H,1H3,(H,15,16);4-5H,3,7H2,1-2H3,(H,8,9). The number of carboxylic acid groups (broad SMARTS) is 2. The zero-order chi connectivity index (χ0) is 19.0. The second-order valence-electron chi connectivity index (χ2n) is 6.31. The second kappa shape index (κ2) is 9.64. The Bertz CT molecular complexity index is 710. The van der Waals surface area contributed by atoms with Gasteiger partial charge in [0.2, 0.25) is 0 Å². The van der Waals surface area contributed by atoms with E-state index in [1.807, 2.05) is 56.3 Å². The topological polar surface area (TPSA) is 113 Å². The van der Waals surface area contributed by atoms with Gasteiger partial charge in [-0.2, -0.15) is 0 Å². The van der Waals surface area contributed by atoms with E-state index in [1.54, 1.807) is 6.92 Å². The Morgan fingerprint density at radius 3 is 2.12 bits per heavy atom. The summed E-state index contributed by atoms with van der Waals surface area (Å²) in [5.74, 6) is -1.41. The Balaban J connectivity index is 0.000000299. The first-order chi connectivity index (χ1) is 11.7. The molecule has 0 radical (unpaired) electrons. The molecule has 2 aromatic rings. The molecule has 0 spiro atoms. The summed E-state index contributed by atoms with van der Waals surface area (Å²) in [6.45, 7) is 5.52. The summed E-state index contributed by atoms with van der Waals surface area (Å²) in [5.41, 5.74) is 6.07. The van der Waals surface area contributed by atoms with Crippen LogP contribution in [0.1, 0.15) is 27.2 Å². The first-order valence-electron chi connectivity index (χ1n) is 8.17. The highest BCUT2D eigenvalue weighted by molar-refractivity contribution is 5.95. The molecule has 0 saturated carbocycles. The van der Waals surface area contributed by atoms with Crippen LogP contribution in [0.25, 0.3) is 10.8 Å². The zero-order valence-corrected chi connectivity index (χ0v) is 14.8. The Morgan fingerprint density at radius 2 is 1.60 bits per heavy atom. The van der Waals surface area contributed by atoms with Gasteiger partial charge in [-0.25, -0.2) is 0 Å². The number of nitrogens with two attached hydrogens (primary N) is 1. The van der Waals surface area contributed by atoms with E-state index >= 15 is 0 Å². The highest BCUT2D eigenvalue weighted by Gasteiger charge is 2.12. The van der Waals surface area contributed by atoms with Crippen molar-refractivity contribution in [3.05, 3.63) is 42.5 Å². The van der Waals surface area contributed by atoms with E-state index in [0.29, 0.717) is 12.3 Å². The van der Waals surface area contributed by atoms with Gasteiger partial charge >= 0.3 is 11.9 Å². The van der Waals surface area contributed by atoms with E-state index in [1.165, 1.54) is 0 Å². The second-order valence-corrected chi connectivity index (χ2v) is 6.31. The average Bonchev–Trinajstić information content (AvgIpc) is 2.55. The lowest BCUT2D eigenvalue weighted by Gasteiger charge is -2.12. The predicted octanol–water partition coefficient (Wildman–Crippen LogP) is 3.17. The Kier molecular flexibility index (Phi) is 7.88. The molecule has 0 fully saturated rings. The number of fused-ring (bicyclic) bond motifs is 1. The summed E-state index contributed by atoms with van der Waals surface area (Å²) < 4.78 is 0. The highest BCUT2D eigenvalue weighted by Crippen LogP contribution is 2.23. The largest absolute Gasteiger partial charge is 0.480 e. The Morgan fingerprint density at radius 1 is 1.00 bits per heavy atom. The monoisotopic (exact) mass is 346 g/mol. The van der Waals surface area contributed by atoms with E-state index in [4.69, 9.17) is 15.9 Å². The van der Waals surface area contributed by atoms with Crippen LogP contribution in [-0.2, 0) is 9.59 Å². The third-order valence-corrected chi connectivity index (χ3v) is 3.57. The van der Waals surface area contributed by atoms with Crippen molar-refractivity contribution < 1.29 is 19.8 Å². The Labute approximate surface area is 147 Å². The van der Waals surface area contributed by atoms with Crippen LogP contribution in [0, 0.1) is 5.92 Å². The van der Waals surface area contributed by atoms with Crippen LogP contribution >= 0.6 is 0 Å². The van der Waals surface area contributed by atoms with E-state index in [9.17, 15) is 9.59 Å². The summed E-state index contributed by atoms with van der Waals surface area (Å²) in [6, 6.07) is 12.4. The summed E-state index contributed by atoms with van der Waals surface area (Å²) in [4.78, 5) is 20.9. The molecule has 0 saturated heterocycles. The maximum atomic E-state index is 10.8. The predicted molar refractivity (Wildman–Crippen MR) is 99.7 cm³/mol. The first-order valence-corrected chi connectivity index (χ1v) is 8.17. The number of carbonyl (C=O) groups is 2. The third kappa shape index (κ3) is 6.81. The van der Waals surface area contributed by atoms with Gasteiger partial charge in [0, 0.05) is 11.1 Å². The summed E-state index contributed by atoms with van der Waals surface area (Å²) in [5, 5.41) is 22.3. The number of hydrogen-bond acceptors (Lipinski definition) is 4. The zero-order valence-electron chi connectivity index (χ0n) is 14.8. The van der Waals surface area contributed by atoms with Crippen molar-refractivity contribution in [3.63, 3.8) is 0 Å². The minimum atomic E-state index is -0.913. The minimum absolute atomic E-state index is 0.357. The quantitative estimate of drug-likeness (QED) is 0.639. The van der Waals surface area contributed by atoms with E-state index in [-0.39, 0.29) is 0 Å². The van der Waals surface area contributed by atoms with Gasteiger partial charge in [0.15, 0.2) is 0 Å². The van der Waals surface area contributed by atoms with Gasteiger partial charge in [-0.05, 0) is 30.7 Å². The summed E-state index contributed by atoms with van der Waals surface area (Å²) in [7, 11) is 0. The molecule has 0 aromatic heterocycles. The summed E-state index contributed by atoms with van der Waals surface area (Å²) >= 11 is 0. The van der Waals surface area contributed by atoms with Gasteiger partial charge in [-0.15, -0.1) is 0 Å². The molecular formula is C19H26N2O4. The Hall–Kier alpha value is -2.60. The molecule has 25 heavy (non-hydrogen) atoms. The van der Waals surface area contributed by atoms with Crippen LogP contribution in [-0.4, -0.2) is 34.2 Å². The molecule has 2 unspecified atom stereocenters. The molecule has 2 aromatic carbocycles. The van der Waals surface area contributed by atoms with E-state index in [0.717, 1.165) is 16.5 Å². The maximum absolute atomic E-state index is 10.8. The van der Waals surface area contributed by atoms with Crippen LogP contribution < -0.4 is 11.1 Å². The molecule has 6 heteroatoms. The first kappa shape index (κ1) is 20.4. The SMILES string of the molecule is CC(C)CC(N)C(=O)O.CC(Nc1cccc2ccccc12)C(=O)O. The molecule has 136 valence electrons. The van der Waals surface area contributed by atoms with Crippen molar-refractivity contribution in [2.75, 3.05) is 5.32 Å². The number of nitrogens with one attached hydrogen (secondary N) is 1. The van der Waals surface area contributed by atoms with Gasteiger partial charge in [0.1, 0.15) is 12.1 Å². The average molecular weight is 346 g/mol. The molecule has 5 N–H and O–H groups in total. The lowest BCUT2D eigenvalue weighted by atomic mass is 10.1. The van der Waals surface area contributed by atoms with Crippen LogP contribution in [0.4, 0.5) is 5.69 Å². The highest BCUT2D eigenvalue weighted by atomic mass is 16.4. The fourth-order valence-corrected chi connectivity index (χ4v) is 2.25. The van der Waals surface area contributed by atoms with Gasteiger partial charge < -0.3 is 21.3 Å². The van der Waals surface area contributed by atoms with Gasteiger partial charge in [-0.3, -0.25) is 9.59 Å². The van der Waals surface area contributed by atoms with Crippen LogP contribution in [0.5, 0.6) is 0 Å². The van der Waals surface area contributed by atoms with Crippen molar-refractivity contribution in [1.29, 1.82) is 0 Å². The van der Waals surface area contributed by atoms with Crippen LogP contribution in [0.2, 0.25) is 0 Å². The van der Waals surface area contributed by atoms with Gasteiger partial charge in [0.25, 0.3) is 0 Å². The number of hydrogen-bond donors (Lipinski definition) is 4. The lowest BCUT2D eigenvalue weighted by Crippen LogP contribution is -2.31. The van der Waals surface area contributed by atoms with Crippen molar-refractivity contribution in [2.45, 2.75) is 39.3 Å². The molecule has 0 bridgehead atoms. The minimum Gasteiger partial charge on any atom is -0.480 e. The molecule has 0 heterocycles. The maximum Gasteiger partial charge on any atom is 0.325 e. The van der Waals surface area contributed by atoms with Crippen molar-refractivity contribution in [2.24, 2.45) is 11.7 Å². The van der Waals surface area contributed by atoms with Crippen molar-refractivity contribution in [3.8, 4) is 0 Å².